The third-order valence-electron chi connectivity index (χ3n) is 3.78. The van der Waals surface area contributed by atoms with E-state index in [-0.39, 0.29) is 29.3 Å². The highest BCUT2D eigenvalue weighted by molar-refractivity contribution is 7.89. The Labute approximate surface area is 139 Å². The van der Waals surface area contributed by atoms with Gasteiger partial charge in [0.1, 0.15) is 11.4 Å². The molecule has 1 heterocycles. The molecule has 1 aliphatic carbocycles. The Morgan fingerprint density at radius 2 is 2.00 bits per heavy atom. The molecule has 1 aliphatic rings. The maximum Gasteiger partial charge on any atom is 0.408 e. The molecular formula is C12H20ClF3N4O2S. The summed E-state index contributed by atoms with van der Waals surface area (Å²) >= 11 is 0. The molecule has 0 bridgehead atoms. The van der Waals surface area contributed by atoms with Gasteiger partial charge in [0.2, 0.25) is 10.0 Å². The average Bonchev–Trinajstić information content (AvgIpc) is 2.86. The van der Waals surface area contributed by atoms with Gasteiger partial charge in [-0.1, -0.05) is 12.8 Å². The van der Waals surface area contributed by atoms with Crippen LogP contribution in [0.1, 0.15) is 25.7 Å². The van der Waals surface area contributed by atoms with Gasteiger partial charge in [-0.15, -0.1) is 12.4 Å². The predicted molar refractivity (Wildman–Crippen MR) is 80.7 cm³/mol. The summed E-state index contributed by atoms with van der Waals surface area (Å²) in [5.74, 6) is 0.0498. The van der Waals surface area contributed by atoms with E-state index in [1.165, 1.54) is 0 Å². The normalized spacial score (nSPS) is 22.6. The van der Waals surface area contributed by atoms with Crippen LogP contribution in [0, 0.1) is 5.92 Å². The van der Waals surface area contributed by atoms with Crippen LogP contribution in [-0.2, 0) is 16.6 Å². The molecule has 0 aliphatic heterocycles. The lowest BCUT2D eigenvalue weighted by atomic mass is 9.85. The monoisotopic (exact) mass is 376 g/mol. The molecule has 1 fully saturated rings. The van der Waals surface area contributed by atoms with E-state index >= 15 is 0 Å². The highest BCUT2D eigenvalue weighted by Crippen LogP contribution is 2.25. The lowest BCUT2D eigenvalue weighted by Crippen LogP contribution is -2.44. The van der Waals surface area contributed by atoms with Crippen molar-refractivity contribution in [2.24, 2.45) is 11.7 Å². The Hall–Kier alpha value is -0.840. The van der Waals surface area contributed by atoms with Crippen LogP contribution in [-0.4, -0.2) is 37.0 Å². The second kappa shape index (κ2) is 7.82. The van der Waals surface area contributed by atoms with Gasteiger partial charge in [-0.05, 0) is 25.3 Å². The fraction of sp³-hybridized carbons (Fsp3) is 0.750. The van der Waals surface area contributed by atoms with E-state index in [0.717, 1.165) is 31.7 Å². The fourth-order valence-corrected chi connectivity index (χ4v) is 3.96. The molecule has 1 aromatic rings. The van der Waals surface area contributed by atoms with Crippen LogP contribution < -0.4 is 10.5 Å². The molecule has 0 radical (unpaired) electrons. The van der Waals surface area contributed by atoms with Crippen molar-refractivity contribution in [2.45, 2.75) is 49.3 Å². The summed E-state index contributed by atoms with van der Waals surface area (Å²) in [4.78, 5) is -0.266. The van der Waals surface area contributed by atoms with E-state index in [4.69, 9.17) is 5.73 Å². The van der Waals surface area contributed by atoms with Crippen LogP contribution >= 0.6 is 12.4 Å². The number of hydrogen-bond donors (Lipinski definition) is 2. The van der Waals surface area contributed by atoms with Crippen molar-refractivity contribution in [3.63, 3.8) is 0 Å². The average molecular weight is 377 g/mol. The smallest absolute Gasteiger partial charge is 0.330 e. The topological polar surface area (TPSA) is 90.0 Å². The lowest BCUT2D eigenvalue weighted by Gasteiger charge is -2.30. The van der Waals surface area contributed by atoms with Gasteiger partial charge in [0.25, 0.3) is 0 Å². The summed E-state index contributed by atoms with van der Waals surface area (Å²) in [7, 11) is -3.89. The number of hydrogen-bond acceptors (Lipinski definition) is 4. The summed E-state index contributed by atoms with van der Waals surface area (Å²) in [5, 5.41) is 3.45. The molecular weight excluding hydrogens is 357 g/mol. The van der Waals surface area contributed by atoms with Crippen LogP contribution in [0.4, 0.5) is 13.2 Å². The SMILES string of the molecule is Cl.NCC1CCCCC1NS(=O)(=O)c1cnn(CC(F)(F)F)c1. The summed E-state index contributed by atoms with van der Waals surface area (Å²) in [6, 6.07) is -0.283. The Kier molecular flexibility index (Phi) is 6.87. The highest BCUT2D eigenvalue weighted by Gasteiger charge is 2.31. The Morgan fingerprint density at radius 1 is 1.35 bits per heavy atom. The minimum absolute atomic E-state index is 0. The quantitative estimate of drug-likeness (QED) is 0.817. The molecule has 0 saturated heterocycles. The second-order valence-electron chi connectivity index (χ2n) is 5.50. The molecule has 2 atom stereocenters. The van der Waals surface area contributed by atoms with Crippen LogP contribution in [0.15, 0.2) is 17.3 Å². The molecule has 11 heteroatoms. The van der Waals surface area contributed by atoms with Gasteiger partial charge in [0.15, 0.2) is 0 Å². The number of alkyl halides is 3. The molecule has 23 heavy (non-hydrogen) atoms. The first-order valence-corrected chi connectivity index (χ1v) is 8.51. The number of sulfonamides is 1. The maximum absolute atomic E-state index is 12.3. The largest absolute Gasteiger partial charge is 0.408 e. The minimum atomic E-state index is -4.45. The summed E-state index contributed by atoms with van der Waals surface area (Å²) in [6.07, 6.45) is 0.786. The van der Waals surface area contributed by atoms with Gasteiger partial charge in [-0.3, -0.25) is 4.68 Å². The number of rotatable bonds is 5. The molecule has 1 saturated carbocycles. The lowest BCUT2D eigenvalue weighted by molar-refractivity contribution is -0.142. The highest BCUT2D eigenvalue weighted by atomic mass is 35.5. The summed E-state index contributed by atoms with van der Waals surface area (Å²) in [5.41, 5.74) is 5.65. The second-order valence-corrected chi connectivity index (χ2v) is 7.21. The Balaban J connectivity index is 0.00000264. The zero-order valence-electron chi connectivity index (χ0n) is 12.3. The molecule has 0 aromatic carbocycles. The van der Waals surface area contributed by atoms with E-state index in [1.807, 2.05) is 0 Å². The number of nitrogens with two attached hydrogens (primary N) is 1. The number of aromatic nitrogens is 2. The molecule has 3 N–H and O–H groups in total. The van der Waals surface area contributed by atoms with E-state index in [1.54, 1.807) is 0 Å². The van der Waals surface area contributed by atoms with Gasteiger partial charge in [0, 0.05) is 12.2 Å². The van der Waals surface area contributed by atoms with E-state index < -0.39 is 22.7 Å². The van der Waals surface area contributed by atoms with Crippen molar-refractivity contribution in [1.82, 2.24) is 14.5 Å². The molecule has 6 nitrogen and oxygen atoms in total. The van der Waals surface area contributed by atoms with Crippen LogP contribution in [0.5, 0.6) is 0 Å². The van der Waals surface area contributed by atoms with Gasteiger partial charge < -0.3 is 5.73 Å². The van der Waals surface area contributed by atoms with Crippen molar-refractivity contribution in [3.8, 4) is 0 Å². The maximum atomic E-state index is 12.3. The molecule has 0 amide bonds. The van der Waals surface area contributed by atoms with Crippen molar-refractivity contribution >= 4 is 22.4 Å². The van der Waals surface area contributed by atoms with Gasteiger partial charge in [0.05, 0.1) is 6.20 Å². The molecule has 0 spiro atoms. The number of nitrogens with one attached hydrogen (secondary N) is 1. The van der Waals surface area contributed by atoms with E-state index in [2.05, 4.69) is 9.82 Å². The van der Waals surface area contributed by atoms with Crippen molar-refractivity contribution < 1.29 is 21.6 Å². The minimum Gasteiger partial charge on any atom is -0.330 e. The predicted octanol–water partition coefficient (Wildman–Crippen LogP) is 1.66. The third kappa shape index (κ3) is 5.63. The van der Waals surface area contributed by atoms with Crippen molar-refractivity contribution in [3.05, 3.63) is 12.4 Å². The first-order valence-electron chi connectivity index (χ1n) is 7.03. The van der Waals surface area contributed by atoms with Gasteiger partial charge in [-0.2, -0.15) is 18.3 Å². The van der Waals surface area contributed by atoms with Crippen molar-refractivity contribution in [1.29, 1.82) is 0 Å². The van der Waals surface area contributed by atoms with E-state index in [0.29, 0.717) is 17.6 Å². The standard InChI is InChI=1S/C12H19F3N4O2S.ClH/c13-12(14,15)8-19-7-10(6-17-19)22(20,21)18-11-4-2-1-3-9(11)5-16;/h6-7,9,11,18H,1-5,8,16H2;1H. The third-order valence-corrected chi connectivity index (χ3v) is 5.22. The molecule has 134 valence electrons. The Morgan fingerprint density at radius 3 is 2.61 bits per heavy atom. The van der Waals surface area contributed by atoms with Crippen LogP contribution in [0.3, 0.4) is 0 Å². The Bertz CT molecular complexity index is 606. The summed E-state index contributed by atoms with van der Waals surface area (Å²) in [6.45, 7) is -0.947. The van der Waals surface area contributed by atoms with Gasteiger partial charge in [-0.25, -0.2) is 13.1 Å². The van der Waals surface area contributed by atoms with Crippen molar-refractivity contribution in [2.75, 3.05) is 6.54 Å². The molecule has 2 rings (SSSR count). The first-order chi connectivity index (χ1) is 10.2. The first kappa shape index (κ1) is 20.2. The molecule has 1 aromatic heterocycles. The van der Waals surface area contributed by atoms with Crippen LogP contribution in [0.25, 0.3) is 0 Å². The zero-order chi connectivity index (χ0) is 16.4. The number of nitrogens with zero attached hydrogens (tertiary/aromatic N) is 2. The zero-order valence-corrected chi connectivity index (χ0v) is 13.9. The summed E-state index contributed by atoms with van der Waals surface area (Å²) < 4.78 is 64.5. The number of halogens is 4. The molecule has 2 unspecified atom stereocenters. The van der Waals surface area contributed by atoms with E-state index in [9.17, 15) is 21.6 Å². The van der Waals surface area contributed by atoms with Crippen LogP contribution in [0.2, 0.25) is 0 Å². The fourth-order valence-electron chi connectivity index (χ4n) is 2.67. The van der Waals surface area contributed by atoms with Gasteiger partial charge >= 0.3 is 6.18 Å².